The highest BCUT2D eigenvalue weighted by Crippen LogP contribution is 2.34. The number of hydrogen-bond acceptors (Lipinski definition) is 5. The molecule has 2 amide bonds. The molecule has 3 aromatic rings. The molecule has 0 aliphatic carbocycles. The van der Waals surface area contributed by atoms with Gasteiger partial charge in [0.25, 0.3) is 11.8 Å². The maximum atomic E-state index is 13.3. The second kappa shape index (κ2) is 8.29. The summed E-state index contributed by atoms with van der Waals surface area (Å²) in [5, 5.41) is 3.16. The Hall–Kier alpha value is -3.80. The molecule has 4 rings (SSSR count). The number of hydrogen-bond donors (Lipinski definition) is 1. The summed E-state index contributed by atoms with van der Waals surface area (Å²) in [5.41, 5.74) is 2.93. The van der Waals surface area contributed by atoms with Gasteiger partial charge in [0, 0.05) is 0 Å². The fourth-order valence-electron chi connectivity index (χ4n) is 3.37. The highest BCUT2D eigenvalue weighted by molar-refractivity contribution is 6.36. The number of anilines is 1. The lowest BCUT2D eigenvalue weighted by Gasteiger charge is -2.15. The van der Waals surface area contributed by atoms with Crippen LogP contribution >= 0.6 is 0 Å². The van der Waals surface area contributed by atoms with Crippen molar-refractivity contribution in [2.24, 2.45) is 0 Å². The van der Waals surface area contributed by atoms with E-state index in [0.29, 0.717) is 34.9 Å². The quantitative estimate of drug-likeness (QED) is 0.594. The van der Waals surface area contributed by atoms with Crippen LogP contribution in [0.4, 0.5) is 5.69 Å². The van der Waals surface area contributed by atoms with Crippen LogP contribution in [0, 0.1) is 6.92 Å². The summed E-state index contributed by atoms with van der Waals surface area (Å²) >= 11 is 0. The van der Waals surface area contributed by atoms with E-state index in [-0.39, 0.29) is 18.1 Å². The topological polar surface area (TPSA) is 71.8 Å². The Morgan fingerprint density at radius 2 is 1.73 bits per heavy atom. The van der Waals surface area contributed by atoms with Crippen LogP contribution in [0.3, 0.4) is 0 Å². The van der Waals surface area contributed by atoms with Gasteiger partial charge < -0.3 is 14.5 Å². The Bertz CT molecular complexity index is 1100. The van der Waals surface area contributed by atoms with Gasteiger partial charge in [0.2, 0.25) is 0 Å². The Labute approximate surface area is 174 Å². The van der Waals surface area contributed by atoms with Crippen molar-refractivity contribution in [1.29, 1.82) is 0 Å². The van der Waals surface area contributed by atoms with E-state index in [1.807, 2.05) is 62.4 Å². The number of carbonyl (C=O) groups excluding carboxylic acids is 2. The van der Waals surface area contributed by atoms with Crippen LogP contribution < -0.4 is 10.1 Å². The predicted octanol–water partition coefficient (Wildman–Crippen LogP) is 4.38. The molecule has 1 N–H and O–H groups in total. The van der Waals surface area contributed by atoms with Crippen LogP contribution in [0.1, 0.15) is 23.8 Å². The molecule has 0 atom stereocenters. The van der Waals surface area contributed by atoms with Gasteiger partial charge in [-0.2, -0.15) is 0 Å². The molecule has 6 nitrogen and oxygen atoms in total. The first kappa shape index (κ1) is 19.5. The van der Waals surface area contributed by atoms with Gasteiger partial charge in [-0.25, -0.2) is 0 Å². The summed E-state index contributed by atoms with van der Waals surface area (Å²) in [5.74, 6) is 0.381. The molecule has 1 aliphatic rings. The molecule has 0 radical (unpaired) electrons. The van der Waals surface area contributed by atoms with E-state index in [0.717, 1.165) is 5.56 Å². The summed E-state index contributed by atoms with van der Waals surface area (Å²) in [7, 11) is 0. The lowest BCUT2D eigenvalue weighted by Crippen LogP contribution is -2.31. The number of benzene rings is 2. The van der Waals surface area contributed by atoms with E-state index >= 15 is 0 Å². The van der Waals surface area contributed by atoms with Crippen molar-refractivity contribution in [3.05, 3.63) is 89.5 Å². The zero-order valence-corrected chi connectivity index (χ0v) is 16.8. The van der Waals surface area contributed by atoms with Crippen molar-refractivity contribution >= 4 is 23.1 Å². The molecule has 152 valence electrons. The third-order valence-electron chi connectivity index (χ3n) is 4.85. The number of aryl methyl sites for hydroxylation is 1. The minimum Gasteiger partial charge on any atom is -0.492 e. The molecule has 30 heavy (non-hydrogen) atoms. The summed E-state index contributed by atoms with van der Waals surface area (Å²) in [6.45, 7) is 4.42. The highest BCUT2D eigenvalue weighted by atomic mass is 16.5. The molecule has 1 aromatic heterocycles. The van der Waals surface area contributed by atoms with Crippen LogP contribution in [-0.2, 0) is 16.1 Å². The normalized spacial score (nSPS) is 13.9. The number of nitrogens with one attached hydrogen (secondary N) is 1. The molecule has 0 fully saturated rings. The number of furan rings is 1. The van der Waals surface area contributed by atoms with Gasteiger partial charge in [-0.15, -0.1) is 0 Å². The molecular formula is C24H22N2O4. The predicted molar refractivity (Wildman–Crippen MR) is 114 cm³/mol. The van der Waals surface area contributed by atoms with E-state index in [2.05, 4.69) is 5.32 Å². The molecule has 0 spiro atoms. The van der Waals surface area contributed by atoms with E-state index in [1.54, 1.807) is 12.1 Å². The fourth-order valence-corrected chi connectivity index (χ4v) is 3.37. The number of nitrogens with zero attached hydrogens (tertiary/aromatic N) is 1. The fraction of sp³-hybridized carbons (Fsp3) is 0.167. The minimum absolute atomic E-state index is 0.0678. The number of ether oxygens (including phenoxy) is 1. The van der Waals surface area contributed by atoms with Crippen molar-refractivity contribution < 1.29 is 18.7 Å². The molecule has 0 saturated heterocycles. The standard InChI is InChI=1S/C24H22N2O4/c1-3-29-20-9-5-4-8-19(20)25-22-21(17-12-10-16(2)11-13-17)23(27)26(24(22)28)15-18-7-6-14-30-18/h4-14,25H,3,15H2,1-2H3. The van der Waals surface area contributed by atoms with Gasteiger partial charge in [-0.3, -0.25) is 14.5 Å². The van der Waals surface area contributed by atoms with E-state index in [4.69, 9.17) is 9.15 Å². The maximum absolute atomic E-state index is 13.3. The molecule has 0 saturated carbocycles. The van der Waals surface area contributed by atoms with Crippen molar-refractivity contribution in [3.63, 3.8) is 0 Å². The highest BCUT2D eigenvalue weighted by Gasteiger charge is 2.39. The lowest BCUT2D eigenvalue weighted by atomic mass is 10.0. The van der Waals surface area contributed by atoms with E-state index < -0.39 is 5.91 Å². The Balaban J connectivity index is 1.76. The molecule has 6 heteroatoms. The van der Waals surface area contributed by atoms with Gasteiger partial charge in [0.05, 0.1) is 30.7 Å². The molecule has 2 aromatic carbocycles. The molecular weight excluding hydrogens is 380 g/mol. The average Bonchev–Trinajstić information content (AvgIpc) is 3.34. The third kappa shape index (κ3) is 3.72. The summed E-state index contributed by atoms with van der Waals surface area (Å²) < 4.78 is 11.0. The average molecular weight is 402 g/mol. The van der Waals surface area contributed by atoms with Crippen LogP contribution in [-0.4, -0.2) is 23.3 Å². The molecule has 0 bridgehead atoms. The van der Waals surface area contributed by atoms with Gasteiger partial charge in [0.15, 0.2) is 0 Å². The van der Waals surface area contributed by atoms with E-state index in [1.165, 1.54) is 11.2 Å². The number of rotatable bonds is 7. The molecule has 0 unspecified atom stereocenters. The number of imide groups is 1. The largest absolute Gasteiger partial charge is 0.492 e. The SMILES string of the molecule is CCOc1ccccc1NC1=C(c2ccc(C)cc2)C(=O)N(Cc2ccco2)C1=O. The second-order valence-corrected chi connectivity index (χ2v) is 6.95. The van der Waals surface area contributed by atoms with Crippen molar-refractivity contribution in [2.75, 3.05) is 11.9 Å². The zero-order valence-electron chi connectivity index (χ0n) is 16.8. The van der Waals surface area contributed by atoms with Crippen molar-refractivity contribution in [1.82, 2.24) is 4.90 Å². The van der Waals surface area contributed by atoms with Gasteiger partial charge >= 0.3 is 0 Å². The molecule has 2 heterocycles. The first-order valence-electron chi connectivity index (χ1n) is 9.77. The number of para-hydroxylation sites is 2. The van der Waals surface area contributed by atoms with Crippen LogP contribution in [0.15, 0.2) is 77.0 Å². The van der Waals surface area contributed by atoms with Crippen LogP contribution in [0.2, 0.25) is 0 Å². The Morgan fingerprint density at radius 1 is 0.967 bits per heavy atom. The Kier molecular flexibility index (Phi) is 5.39. The van der Waals surface area contributed by atoms with Gasteiger partial charge in [-0.05, 0) is 43.7 Å². The first-order chi connectivity index (χ1) is 14.6. The second-order valence-electron chi connectivity index (χ2n) is 6.95. The van der Waals surface area contributed by atoms with Crippen molar-refractivity contribution in [2.45, 2.75) is 20.4 Å². The van der Waals surface area contributed by atoms with Crippen LogP contribution in [0.5, 0.6) is 5.75 Å². The smallest absolute Gasteiger partial charge is 0.278 e. The minimum atomic E-state index is -0.404. The lowest BCUT2D eigenvalue weighted by molar-refractivity contribution is -0.137. The summed E-state index contributed by atoms with van der Waals surface area (Å²) in [4.78, 5) is 27.7. The first-order valence-corrected chi connectivity index (χ1v) is 9.77. The molecule has 1 aliphatic heterocycles. The summed E-state index contributed by atoms with van der Waals surface area (Å²) in [6, 6.07) is 18.3. The monoisotopic (exact) mass is 402 g/mol. The number of carbonyl (C=O) groups is 2. The number of amides is 2. The van der Waals surface area contributed by atoms with Crippen molar-refractivity contribution in [3.8, 4) is 5.75 Å². The summed E-state index contributed by atoms with van der Waals surface area (Å²) in [6.07, 6.45) is 1.52. The third-order valence-corrected chi connectivity index (χ3v) is 4.85. The maximum Gasteiger partial charge on any atom is 0.278 e. The van der Waals surface area contributed by atoms with E-state index in [9.17, 15) is 9.59 Å². The zero-order chi connectivity index (χ0) is 21.1. The van der Waals surface area contributed by atoms with Gasteiger partial charge in [0.1, 0.15) is 17.2 Å². The Morgan fingerprint density at radius 3 is 2.43 bits per heavy atom. The van der Waals surface area contributed by atoms with Gasteiger partial charge in [-0.1, -0.05) is 42.0 Å². The van der Waals surface area contributed by atoms with Crippen LogP contribution in [0.25, 0.3) is 5.57 Å².